The highest BCUT2D eigenvalue weighted by molar-refractivity contribution is 6.35. The van der Waals surface area contributed by atoms with Crippen molar-refractivity contribution in [3.8, 4) is 5.75 Å². The van der Waals surface area contributed by atoms with E-state index < -0.39 is 11.8 Å². The first kappa shape index (κ1) is 21.4. The van der Waals surface area contributed by atoms with Crippen LogP contribution in [0.2, 0.25) is 0 Å². The number of methoxy groups -OCH3 is 1. The maximum absolute atomic E-state index is 12.3. The van der Waals surface area contributed by atoms with Gasteiger partial charge in [-0.25, -0.2) is 0 Å². The van der Waals surface area contributed by atoms with Crippen molar-refractivity contribution in [2.24, 2.45) is 7.05 Å². The topological polar surface area (TPSA) is 75.6 Å². The molecule has 0 bridgehead atoms. The highest BCUT2D eigenvalue weighted by atomic mass is 16.5. The van der Waals surface area contributed by atoms with Crippen LogP contribution in [-0.2, 0) is 23.2 Å². The van der Waals surface area contributed by atoms with Gasteiger partial charge in [-0.1, -0.05) is 30.3 Å². The monoisotopic (exact) mass is 408 g/mol. The summed E-state index contributed by atoms with van der Waals surface area (Å²) in [6, 6.07) is 15.4. The first-order chi connectivity index (χ1) is 14.4. The fourth-order valence-corrected chi connectivity index (χ4v) is 3.52. The number of carbonyl (C=O) groups is 2. The van der Waals surface area contributed by atoms with Crippen LogP contribution in [0.15, 0.2) is 54.7 Å². The molecule has 1 aromatic heterocycles. The molecule has 1 atom stereocenters. The molecule has 0 saturated heterocycles. The first-order valence-corrected chi connectivity index (χ1v) is 9.80. The van der Waals surface area contributed by atoms with Crippen molar-refractivity contribution in [2.75, 3.05) is 27.7 Å². The van der Waals surface area contributed by atoms with Crippen LogP contribution < -0.4 is 15.4 Å². The molecule has 0 spiro atoms. The molecular formula is C23H28N4O3. The van der Waals surface area contributed by atoms with Crippen molar-refractivity contribution < 1.29 is 14.3 Å². The van der Waals surface area contributed by atoms with Crippen molar-refractivity contribution in [3.05, 3.63) is 65.9 Å². The van der Waals surface area contributed by atoms with Gasteiger partial charge < -0.3 is 24.8 Å². The quantitative estimate of drug-likeness (QED) is 0.588. The van der Waals surface area contributed by atoms with Crippen LogP contribution in [0.4, 0.5) is 0 Å². The Balaban J connectivity index is 1.62. The van der Waals surface area contributed by atoms with Gasteiger partial charge >= 0.3 is 11.8 Å². The summed E-state index contributed by atoms with van der Waals surface area (Å²) in [4.78, 5) is 26.6. The number of ether oxygens (including phenoxy) is 1. The lowest BCUT2D eigenvalue weighted by molar-refractivity contribution is -0.139. The average Bonchev–Trinajstić information content (AvgIpc) is 3.08. The molecule has 3 rings (SSSR count). The number of hydrogen-bond donors (Lipinski definition) is 2. The van der Waals surface area contributed by atoms with E-state index in [0.29, 0.717) is 12.3 Å². The van der Waals surface area contributed by atoms with Crippen LogP contribution in [0.5, 0.6) is 5.75 Å². The number of hydrogen-bond acceptors (Lipinski definition) is 4. The molecule has 0 radical (unpaired) electrons. The maximum atomic E-state index is 12.3. The lowest BCUT2D eigenvalue weighted by Crippen LogP contribution is -2.42. The van der Waals surface area contributed by atoms with Gasteiger partial charge in [0.2, 0.25) is 0 Å². The van der Waals surface area contributed by atoms with Crippen LogP contribution in [-0.4, -0.2) is 49.0 Å². The molecule has 2 aromatic carbocycles. The van der Waals surface area contributed by atoms with E-state index in [-0.39, 0.29) is 12.6 Å². The summed E-state index contributed by atoms with van der Waals surface area (Å²) in [5.74, 6) is -0.603. The third kappa shape index (κ3) is 4.80. The van der Waals surface area contributed by atoms with E-state index in [1.807, 2.05) is 62.4 Å². The van der Waals surface area contributed by atoms with Gasteiger partial charge in [0.25, 0.3) is 0 Å². The molecule has 7 nitrogen and oxygen atoms in total. The van der Waals surface area contributed by atoms with Crippen LogP contribution in [0.25, 0.3) is 10.9 Å². The zero-order valence-corrected chi connectivity index (χ0v) is 17.8. The van der Waals surface area contributed by atoms with Gasteiger partial charge in [0.1, 0.15) is 5.75 Å². The molecule has 2 N–H and O–H groups in total. The molecule has 0 fully saturated rings. The molecule has 0 aliphatic carbocycles. The van der Waals surface area contributed by atoms with Gasteiger partial charge in [-0.3, -0.25) is 9.59 Å². The van der Waals surface area contributed by atoms with Crippen molar-refractivity contribution in [2.45, 2.75) is 12.6 Å². The minimum absolute atomic E-state index is 0.0637. The van der Waals surface area contributed by atoms with Crippen molar-refractivity contribution >= 4 is 22.7 Å². The lowest BCUT2D eigenvalue weighted by Gasteiger charge is -2.24. The zero-order chi connectivity index (χ0) is 21.7. The number of benzene rings is 2. The number of aromatic nitrogens is 1. The van der Waals surface area contributed by atoms with Gasteiger partial charge in [0.15, 0.2) is 0 Å². The van der Waals surface area contributed by atoms with E-state index >= 15 is 0 Å². The van der Waals surface area contributed by atoms with Crippen molar-refractivity contribution in [1.82, 2.24) is 20.1 Å². The predicted octanol–water partition coefficient (Wildman–Crippen LogP) is 2.22. The van der Waals surface area contributed by atoms with Crippen LogP contribution in [0.3, 0.4) is 0 Å². The van der Waals surface area contributed by atoms with Crippen LogP contribution in [0, 0.1) is 0 Å². The number of aryl methyl sites for hydroxylation is 1. The van der Waals surface area contributed by atoms with E-state index in [2.05, 4.69) is 33.5 Å². The van der Waals surface area contributed by atoms with E-state index in [1.54, 1.807) is 7.11 Å². The molecule has 2 amide bonds. The summed E-state index contributed by atoms with van der Waals surface area (Å²) in [5, 5.41) is 6.56. The second-order valence-corrected chi connectivity index (χ2v) is 7.44. The number of rotatable bonds is 7. The number of nitrogens with zero attached hydrogens (tertiary/aromatic N) is 2. The Morgan fingerprint density at radius 2 is 1.80 bits per heavy atom. The Labute approximate surface area is 176 Å². The second-order valence-electron chi connectivity index (χ2n) is 7.44. The van der Waals surface area contributed by atoms with Gasteiger partial charge in [0.05, 0.1) is 13.2 Å². The number of fused-ring (bicyclic) bond motifs is 1. The normalized spacial score (nSPS) is 12.0. The van der Waals surface area contributed by atoms with Gasteiger partial charge in [-0.15, -0.1) is 0 Å². The van der Waals surface area contributed by atoms with Crippen molar-refractivity contribution in [1.29, 1.82) is 0 Å². The molecule has 0 aliphatic heterocycles. The summed E-state index contributed by atoms with van der Waals surface area (Å²) in [6.45, 7) is 0.580. The third-order valence-corrected chi connectivity index (χ3v) is 5.16. The Kier molecular flexibility index (Phi) is 6.74. The molecule has 158 valence electrons. The summed E-state index contributed by atoms with van der Waals surface area (Å²) in [7, 11) is 7.51. The molecule has 0 aliphatic rings. The van der Waals surface area contributed by atoms with Gasteiger partial charge in [0, 0.05) is 37.2 Å². The number of carbonyl (C=O) groups excluding carboxylic acids is 2. The number of nitrogens with one attached hydrogen (secondary N) is 2. The smallest absolute Gasteiger partial charge is 0.309 e. The van der Waals surface area contributed by atoms with Gasteiger partial charge in [-0.2, -0.15) is 0 Å². The van der Waals surface area contributed by atoms with E-state index in [4.69, 9.17) is 4.74 Å². The Morgan fingerprint density at radius 3 is 2.53 bits per heavy atom. The first-order valence-electron chi connectivity index (χ1n) is 9.80. The molecule has 0 saturated carbocycles. The molecule has 7 heteroatoms. The Hall–Kier alpha value is -3.32. The highest BCUT2D eigenvalue weighted by Gasteiger charge is 2.21. The molecule has 1 unspecified atom stereocenters. The summed E-state index contributed by atoms with van der Waals surface area (Å²) < 4.78 is 7.25. The molecule has 1 heterocycles. The lowest BCUT2D eigenvalue weighted by atomic mass is 10.0. The van der Waals surface area contributed by atoms with Gasteiger partial charge in [-0.05, 0) is 43.4 Å². The highest BCUT2D eigenvalue weighted by Crippen LogP contribution is 2.28. The minimum atomic E-state index is -0.659. The summed E-state index contributed by atoms with van der Waals surface area (Å²) in [5.41, 5.74) is 3.09. The Bertz CT molecular complexity index is 1040. The number of amides is 2. The van der Waals surface area contributed by atoms with E-state index in [1.165, 1.54) is 0 Å². The maximum Gasteiger partial charge on any atom is 0.309 e. The number of likely N-dealkylation sites (N-methyl/N-ethyl adjacent to an activating group) is 1. The number of para-hydroxylation sites is 1. The van der Waals surface area contributed by atoms with E-state index in [9.17, 15) is 9.59 Å². The van der Waals surface area contributed by atoms with Crippen LogP contribution in [0.1, 0.15) is 17.2 Å². The fraction of sp³-hybridized carbons (Fsp3) is 0.304. The minimum Gasteiger partial charge on any atom is -0.497 e. The fourth-order valence-electron chi connectivity index (χ4n) is 3.52. The van der Waals surface area contributed by atoms with Crippen LogP contribution >= 0.6 is 0 Å². The average molecular weight is 409 g/mol. The largest absolute Gasteiger partial charge is 0.497 e. The Morgan fingerprint density at radius 1 is 1.07 bits per heavy atom. The molecule has 30 heavy (non-hydrogen) atoms. The molecule has 3 aromatic rings. The SMILES string of the molecule is COc1cccc(CNC(=O)C(=O)NCC(c2cn(C)c3ccccc23)N(C)C)c1. The standard InChI is InChI=1S/C23H28N4O3/c1-26(2)21(19-15-27(3)20-11-6-5-10-18(19)20)14-25-23(29)22(28)24-13-16-8-7-9-17(12-16)30-4/h5-12,15,21H,13-14H2,1-4H3,(H,24,28)(H,25,29). The summed E-state index contributed by atoms with van der Waals surface area (Å²) in [6.07, 6.45) is 2.07. The van der Waals surface area contributed by atoms with Crippen molar-refractivity contribution in [3.63, 3.8) is 0 Å². The summed E-state index contributed by atoms with van der Waals surface area (Å²) >= 11 is 0. The third-order valence-electron chi connectivity index (χ3n) is 5.16. The zero-order valence-electron chi connectivity index (χ0n) is 17.8. The molecular weight excluding hydrogens is 380 g/mol. The second kappa shape index (κ2) is 9.45. The van der Waals surface area contributed by atoms with E-state index in [0.717, 1.165) is 22.0 Å². The predicted molar refractivity (Wildman–Crippen MR) is 117 cm³/mol.